The standard InChI is InChI=1S/C19H36N4O2/c1-20-17(21-14-18(8-7-9-18)12-13-25-4)22-15-19(10-5-6-11-19)16(24)23(2)3/h5-15H2,1-4H3,(H2,20,21,22). The molecule has 0 aromatic carbocycles. The van der Waals surface area contributed by atoms with E-state index >= 15 is 0 Å². The van der Waals surface area contributed by atoms with Crippen molar-refractivity contribution in [2.75, 3.05) is 47.9 Å². The summed E-state index contributed by atoms with van der Waals surface area (Å²) in [7, 11) is 7.27. The van der Waals surface area contributed by atoms with Gasteiger partial charge in [0.05, 0.1) is 5.41 Å². The van der Waals surface area contributed by atoms with E-state index in [0.717, 1.165) is 51.2 Å². The number of aliphatic imine (C=N–C) groups is 1. The molecule has 0 aromatic rings. The van der Waals surface area contributed by atoms with E-state index in [4.69, 9.17) is 4.74 Å². The van der Waals surface area contributed by atoms with Crippen LogP contribution in [0.2, 0.25) is 0 Å². The summed E-state index contributed by atoms with van der Waals surface area (Å²) in [6.45, 7) is 2.40. The number of hydrogen-bond donors (Lipinski definition) is 2. The van der Waals surface area contributed by atoms with Gasteiger partial charge in [-0.1, -0.05) is 19.3 Å². The van der Waals surface area contributed by atoms with Crippen molar-refractivity contribution in [2.45, 2.75) is 51.4 Å². The number of ether oxygens (including phenoxy) is 1. The van der Waals surface area contributed by atoms with Crippen LogP contribution in [0, 0.1) is 10.8 Å². The average Bonchev–Trinajstić information content (AvgIpc) is 3.05. The van der Waals surface area contributed by atoms with Gasteiger partial charge in [0.1, 0.15) is 0 Å². The molecule has 2 aliphatic rings. The number of rotatable bonds is 8. The molecule has 6 nitrogen and oxygen atoms in total. The highest BCUT2D eigenvalue weighted by molar-refractivity contribution is 5.85. The molecule has 0 atom stereocenters. The number of nitrogens with zero attached hydrogens (tertiary/aromatic N) is 2. The minimum Gasteiger partial charge on any atom is -0.385 e. The molecule has 2 rings (SSSR count). The van der Waals surface area contributed by atoms with E-state index in [1.165, 1.54) is 19.3 Å². The highest BCUT2D eigenvalue weighted by atomic mass is 16.5. The van der Waals surface area contributed by atoms with Gasteiger partial charge in [0.25, 0.3) is 0 Å². The number of guanidine groups is 1. The third kappa shape index (κ3) is 4.87. The number of carbonyl (C=O) groups excluding carboxylic acids is 1. The topological polar surface area (TPSA) is 66.0 Å². The fraction of sp³-hybridized carbons (Fsp3) is 0.895. The van der Waals surface area contributed by atoms with Crippen LogP contribution < -0.4 is 10.6 Å². The zero-order valence-electron chi connectivity index (χ0n) is 16.5. The molecule has 144 valence electrons. The van der Waals surface area contributed by atoms with Crippen molar-refractivity contribution < 1.29 is 9.53 Å². The van der Waals surface area contributed by atoms with Gasteiger partial charge in [-0.05, 0) is 37.5 Å². The second-order valence-corrected chi connectivity index (χ2v) is 8.06. The van der Waals surface area contributed by atoms with Crippen molar-refractivity contribution >= 4 is 11.9 Å². The van der Waals surface area contributed by atoms with Gasteiger partial charge in [-0.15, -0.1) is 0 Å². The summed E-state index contributed by atoms with van der Waals surface area (Å²) in [5, 5.41) is 6.91. The molecule has 0 saturated heterocycles. The van der Waals surface area contributed by atoms with Crippen LogP contribution in [0.1, 0.15) is 51.4 Å². The van der Waals surface area contributed by atoms with Crippen molar-refractivity contribution in [1.29, 1.82) is 0 Å². The zero-order valence-corrected chi connectivity index (χ0v) is 16.5. The molecule has 0 bridgehead atoms. The Kier molecular flexibility index (Phi) is 7.11. The lowest BCUT2D eigenvalue weighted by atomic mass is 9.67. The van der Waals surface area contributed by atoms with E-state index in [-0.39, 0.29) is 11.3 Å². The number of methoxy groups -OCH3 is 1. The summed E-state index contributed by atoms with van der Waals surface area (Å²) >= 11 is 0. The van der Waals surface area contributed by atoms with Crippen molar-refractivity contribution in [2.24, 2.45) is 15.8 Å². The quantitative estimate of drug-likeness (QED) is 0.518. The summed E-state index contributed by atoms with van der Waals surface area (Å²) < 4.78 is 5.27. The largest absolute Gasteiger partial charge is 0.385 e. The SMILES string of the molecule is CN=C(NCC1(CCOC)CCC1)NCC1(C(=O)N(C)C)CCCC1. The van der Waals surface area contributed by atoms with Crippen LogP contribution in [0.15, 0.2) is 4.99 Å². The molecule has 1 amide bonds. The van der Waals surface area contributed by atoms with E-state index in [0.29, 0.717) is 12.0 Å². The van der Waals surface area contributed by atoms with Gasteiger partial charge in [0.15, 0.2) is 5.96 Å². The average molecular weight is 353 g/mol. The Hall–Kier alpha value is -1.30. The maximum Gasteiger partial charge on any atom is 0.230 e. The van der Waals surface area contributed by atoms with Crippen molar-refractivity contribution in [3.63, 3.8) is 0 Å². The van der Waals surface area contributed by atoms with Crippen LogP contribution in [0.4, 0.5) is 0 Å². The van der Waals surface area contributed by atoms with Crippen molar-refractivity contribution in [3.8, 4) is 0 Å². The molecule has 2 N–H and O–H groups in total. The van der Waals surface area contributed by atoms with E-state index in [2.05, 4.69) is 15.6 Å². The molecule has 0 spiro atoms. The fourth-order valence-corrected chi connectivity index (χ4v) is 4.25. The number of amides is 1. The monoisotopic (exact) mass is 352 g/mol. The van der Waals surface area contributed by atoms with Crippen LogP contribution in [-0.4, -0.2) is 64.7 Å². The van der Waals surface area contributed by atoms with Gasteiger partial charge < -0.3 is 20.3 Å². The molecular weight excluding hydrogens is 316 g/mol. The Labute approximate surface area is 152 Å². The van der Waals surface area contributed by atoms with Gasteiger partial charge in [0, 0.05) is 47.9 Å². The summed E-state index contributed by atoms with van der Waals surface area (Å²) in [5.74, 6) is 1.05. The first-order valence-corrected chi connectivity index (χ1v) is 9.62. The zero-order chi connectivity index (χ0) is 18.3. The summed E-state index contributed by atoms with van der Waals surface area (Å²) in [6, 6.07) is 0. The minimum atomic E-state index is -0.272. The predicted molar refractivity (Wildman–Crippen MR) is 102 cm³/mol. The Bertz CT molecular complexity index is 466. The molecule has 0 unspecified atom stereocenters. The Balaban J connectivity index is 1.88. The van der Waals surface area contributed by atoms with E-state index in [9.17, 15) is 4.79 Å². The molecular formula is C19H36N4O2. The smallest absolute Gasteiger partial charge is 0.230 e. The van der Waals surface area contributed by atoms with Gasteiger partial charge >= 0.3 is 0 Å². The Morgan fingerprint density at radius 3 is 2.20 bits per heavy atom. The third-order valence-corrected chi connectivity index (χ3v) is 6.12. The first-order chi connectivity index (χ1) is 12.0. The molecule has 2 saturated carbocycles. The second kappa shape index (κ2) is 8.88. The molecule has 0 aromatic heterocycles. The summed E-state index contributed by atoms with van der Waals surface area (Å²) in [4.78, 5) is 18.8. The molecule has 0 radical (unpaired) electrons. The van der Waals surface area contributed by atoms with Gasteiger partial charge in [-0.2, -0.15) is 0 Å². The minimum absolute atomic E-state index is 0.239. The van der Waals surface area contributed by atoms with E-state index in [1.54, 1.807) is 19.1 Å². The summed E-state index contributed by atoms with van der Waals surface area (Å²) in [6.07, 6.45) is 9.10. The molecule has 2 fully saturated rings. The molecule has 0 aliphatic heterocycles. The van der Waals surface area contributed by atoms with Crippen LogP contribution >= 0.6 is 0 Å². The predicted octanol–water partition coefficient (Wildman–Crippen LogP) is 2.01. The molecule has 6 heteroatoms. The third-order valence-electron chi connectivity index (χ3n) is 6.12. The highest BCUT2D eigenvalue weighted by Gasteiger charge is 2.42. The van der Waals surface area contributed by atoms with Crippen LogP contribution in [0.5, 0.6) is 0 Å². The van der Waals surface area contributed by atoms with Gasteiger partial charge in [0.2, 0.25) is 5.91 Å². The maximum atomic E-state index is 12.7. The molecule has 25 heavy (non-hydrogen) atoms. The first kappa shape index (κ1) is 20.0. The highest BCUT2D eigenvalue weighted by Crippen LogP contribution is 2.43. The Morgan fingerprint density at radius 1 is 1.08 bits per heavy atom. The lowest BCUT2D eigenvalue weighted by Crippen LogP contribution is -2.51. The second-order valence-electron chi connectivity index (χ2n) is 8.06. The van der Waals surface area contributed by atoms with E-state index < -0.39 is 0 Å². The van der Waals surface area contributed by atoms with Crippen LogP contribution in [0.25, 0.3) is 0 Å². The first-order valence-electron chi connectivity index (χ1n) is 9.62. The maximum absolute atomic E-state index is 12.7. The van der Waals surface area contributed by atoms with Crippen molar-refractivity contribution in [1.82, 2.24) is 15.5 Å². The molecule has 2 aliphatic carbocycles. The van der Waals surface area contributed by atoms with Gasteiger partial charge in [-0.3, -0.25) is 9.79 Å². The number of carbonyl (C=O) groups is 1. The van der Waals surface area contributed by atoms with Crippen LogP contribution in [-0.2, 0) is 9.53 Å². The van der Waals surface area contributed by atoms with Crippen molar-refractivity contribution in [3.05, 3.63) is 0 Å². The normalized spacial score (nSPS) is 21.5. The lowest BCUT2D eigenvalue weighted by Gasteiger charge is -2.42. The Morgan fingerprint density at radius 2 is 1.72 bits per heavy atom. The van der Waals surface area contributed by atoms with E-state index in [1.807, 2.05) is 14.1 Å². The summed E-state index contributed by atoms with van der Waals surface area (Å²) in [5.41, 5.74) is 0.0729. The fourth-order valence-electron chi connectivity index (χ4n) is 4.25. The molecule has 0 heterocycles. The lowest BCUT2D eigenvalue weighted by molar-refractivity contribution is -0.138. The number of hydrogen-bond acceptors (Lipinski definition) is 3. The van der Waals surface area contributed by atoms with Crippen LogP contribution in [0.3, 0.4) is 0 Å². The van der Waals surface area contributed by atoms with Gasteiger partial charge in [-0.25, -0.2) is 0 Å². The number of nitrogens with one attached hydrogen (secondary N) is 2.